The molecule has 200 valence electrons. The van der Waals surface area contributed by atoms with E-state index in [1.165, 1.54) is 6.20 Å². The van der Waals surface area contributed by atoms with Gasteiger partial charge in [0.15, 0.2) is 0 Å². The van der Waals surface area contributed by atoms with Crippen LogP contribution in [0.5, 0.6) is 0 Å². The van der Waals surface area contributed by atoms with Crippen LogP contribution < -0.4 is 10.2 Å². The van der Waals surface area contributed by atoms with Crippen molar-refractivity contribution in [1.29, 1.82) is 0 Å². The molecule has 3 atom stereocenters. The average Bonchev–Trinajstić information content (AvgIpc) is 3.48. The molecule has 3 aliphatic rings. The normalized spacial score (nSPS) is 27.3. The number of rotatable bonds is 4. The summed E-state index contributed by atoms with van der Waals surface area (Å²) in [4.78, 5) is 34.0. The molecule has 11 heteroatoms. The van der Waals surface area contributed by atoms with Crippen molar-refractivity contribution >= 4 is 17.8 Å². The lowest BCUT2D eigenvalue weighted by Gasteiger charge is -2.42. The zero-order valence-electron chi connectivity index (χ0n) is 21.1. The number of alkyl halides is 3. The Morgan fingerprint density at radius 1 is 1.17 bits per heavy atom. The molecule has 0 spiro atoms. The van der Waals surface area contributed by atoms with Gasteiger partial charge in [0.2, 0.25) is 5.91 Å². The van der Waals surface area contributed by atoms with Gasteiger partial charge in [-0.25, -0.2) is 9.78 Å². The van der Waals surface area contributed by atoms with E-state index in [9.17, 15) is 22.8 Å². The average molecular weight is 513 g/mol. The van der Waals surface area contributed by atoms with Gasteiger partial charge in [-0.2, -0.15) is 13.2 Å². The summed E-state index contributed by atoms with van der Waals surface area (Å²) in [6, 6.07) is 1.84. The lowest BCUT2D eigenvalue weighted by molar-refractivity contribution is -0.146. The molecule has 8 nitrogen and oxygen atoms in total. The smallest absolute Gasteiger partial charge is 0.416 e. The Hall–Kier alpha value is -2.56. The van der Waals surface area contributed by atoms with E-state index in [4.69, 9.17) is 9.47 Å². The first kappa shape index (κ1) is 26.5. The number of anilines is 1. The molecule has 2 saturated heterocycles. The van der Waals surface area contributed by atoms with Crippen molar-refractivity contribution in [1.82, 2.24) is 15.2 Å². The molecular weight excluding hydrogens is 477 g/mol. The van der Waals surface area contributed by atoms with Crippen molar-refractivity contribution in [2.45, 2.75) is 64.3 Å². The van der Waals surface area contributed by atoms with E-state index in [1.807, 2.05) is 4.90 Å². The fourth-order valence-corrected chi connectivity index (χ4v) is 5.60. The molecule has 0 aromatic carbocycles. The van der Waals surface area contributed by atoms with Crippen LogP contribution in [-0.4, -0.2) is 72.9 Å². The van der Waals surface area contributed by atoms with Crippen LogP contribution in [0.4, 0.5) is 23.8 Å². The topological polar surface area (TPSA) is 84.0 Å². The molecule has 2 aliphatic heterocycles. The lowest BCUT2D eigenvalue weighted by Crippen LogP contribution is -2.55. The molecule has 0 bridgehead atoms. The van der Waals surface area contributed by atoms with Crippen molar-refractivity contribution in [3.05, 3.63) is 23.9 Å². The van der Waals surface area contributed by atoms with Gasteiger partial charge in [-0.05, 0) is 64.5 Å². The third-order valence-electron chi connectivity index (χ3n) is 7.37. The number of hydrogen-bond donors (Lipinski definition) is 1. The molecule has 0 unspecified atom stereocenters. The molecule has 36 heavy (non-hydrogen) atoms. The largest absolute Gasteiger partial charge is 0.444 e. The minimum Gasteiger partial charge on any atom is -0.444 e. The first-order valence-corrected chi connectivity index (χ1v) is 12.5. The molecule has 4 rings (SSSR count). The Bertz CT molecular complexity index is 953. The van der Waals surface area contributed by atoms with Gasteiger partial charge in [-0.15, -0.1) is 0 Å². The SMILES string of the molecule is CC(C)(C)OC(=O)N[C@@H]1CC[C@@](C(=O)N2CCN(c3cc(C(F)(F)F)ccn3)CC2)([C@H]2CCOC2)C1. The van der Waals surface area contributed by atoms with Crippen molar-refractivity contribution in [2.75, 3.05) is 44.3 Å². The second kappa shape index (κ2) is 10.1. The van der Waals surface area contributed by atoms with Crippen LogP contribution in [0.25, 0.3) is 0 Å². The maximum atomic E-state index is 13.9. The minimum atomic E-state index is -4.43. The van der Waals surface area contributed by atoms with Gasteiger partial charge < -0.3 is 24.6 Å². The number of nitrogens with one attached hydrogen (secondary N) is 1. The summed E-state index contributed by atoms with van der Waals surface area (Å²) in [5.41, 5.74) is -1.98. The number of amides is 2. The molecular formula is C25H35F3N4O4. The van der Waals surface area contributed by atoms with Gasteiger partial charge >= 0.3 is 12.3 Å². The number of halogens is 3. The third kappa shape index (κ3) is 5.87. The number of carbonyl (C=O) groups excluding carboxylic acids is 2. The van der Waals surface area contributed by atoms with Gasteiger partial charge in [0.25, 0.3) is 0 Å². The molecule has 2 amide bonds. The molecule has 1 N–H and O–H groups in total. The molecule has 1 saturated carbocycles. The number of carbonyl (C=O) groups is 2. The van der Waals surface area contributed by atoms with Crippen LogP contribution in [0.15, 0.2) is 18.3 Å². The van der Waals surface area contributed by atoms with Crippen LogP contribution in [0, 0.1) is 11.3 Å². The van der Waals surface area contributed by atoms with E-state index >= 15 is 0 Å². The Morgan fingerprint density at radius 3 is 2.50 bits per heavy atom. The molecule has 3 heterocycles. The van der Waals surface area contributed by atoms with E-state index in [1.54, 1.807) is 25.7 Å². The Labute approximate surface area is 209 Å². The predicted octanol–water partition coefficient (Wildman–Crippen LogP) is 3.85. The number of ether oxygens (including phenoxy) is 2. The highest BCUT2D eigenvalue weighted by Gasteiger charge is 2.53. The highest BCUT2D eigenvalue weighted by Crippen LogP contribution is 2.49. The zero-order valence-corrected chi connectivity index (χ0v) is 21.1. The Balaban J connectivity index is 1.42. The summed E-state index contributed by atoms with van der Waals surface area (Å²) in [5.74, 6) is 0.375. The molecule has 1 aromatic heterocycles. The van der Waals surface area contributed by atoms with E-state index in [-0.39, 0.29) is 23.7 Å². The number of aromatic nitrogens is 1. The maximum absolute atomic E-state index is 13.9. The van der Waals surface area contributed by atoms with Crippen molar-refractivity contribution < 1.29 is 32.2 Å². The second-order valence-electron chi connectivity index (χ2n) is 11.0. The van der Waals surface area contributed by atoms with Crippen molar-refractivity contribution in [3.8, 4) is 0 Å². The van der Waals surface area contributed by atoms with E-state index < -0.39 is 28.8 Å². The fraction of sp³-hybridized carbons (Fsp3) is 0.720. The predicted molar refractivity (Wildman–Crippen MR) is 126 cm³/mol. The highest BCUT2D eigenvalue weighted by molar-refractivity contribution is 5.84. The number of pyridine rings is 1. The lowest BCUT2D eigenvalue weighted by atomic mass is 9.72. The van der Waals surface area contributed by atoms with Crippen LogP contribution in [-0.2, 0) is 20.4 Å². The molecule has 0 radical (unpaired) electrons. The summed E-state index contributed by atoms with van der Waals surface area (Å²) in [6.45, 7) is 8.14. The highest BCUT2D eigenvalue weighted by atomic mass is 19.4. The van der Waals surface area contributed by atoms with Crippen LogP contribution in [0.3, 0.4) is 0 Å². The van der Waals surface area contributed by atoms with Gasteiger partial charge in [0.1, 0.15) is 11.4 Å². The summed E-state index contributed by atoms with van der Waals surface area (Å²) in [5, 5.41) is 2.94. The van der Waals surface area contributed by atoms with Crippen molar-refractivity contribution in [2.24, 2.45) is 11.3 Å². The first-order valence-electron chi connectivity index (χ1n) is 12.5. The van der Waals surface area contributed by atoms with Gasteiger partial charge in [-0.3, -0.25) is 4.79 Å². The zero-order chi connectivity index (χ0) is 26.1. The summed E-state index contributed by atoms with van der Waals surface area (Å²) >= 11 is 0. The second-order valence-corrected chi connectivity index (χ2v) is 11.0. The Morgan fingerprint density at radius 2 is 1.89 bits per heavy atom. The van der Waals surface area contributed by atoms with Crippen LogP contribution in [0.2, 0.25) is 0 Å². The standard InChI is InChI=1S/C25H35F3N4O4/c1-23(2,3)36-22(34)30-19-4-7-24(15-19,18-6-13-35-16-18)21(33)32-11-9-31(10-12-32)20-14-17(5-8-29-20)25(26,27)28/h5,8,14,18-19H,4,6-7,9-13,15-16H2,1-3H3,(H,30,34)/t18-,19+,24-/m0/s1. The quantitative estimate of drug-likeness (QED) is 0.660. The Kier molecular flexibility index (Phi) is 7.41. The van der Waals surface area contributed by atoms with Gasteiger partial charge in [0, 0.05) is 45.0 Å². The van der Waals surface area contributed by atoms with Gasteiger partial charge in [0.05, 0.1) is 17.6 Å². The van der Waals surface area contributed by atoms with Crippen LogP contribution >= 0.6 is 0 Å². The summed E-state index contributed by atoms with van der Waals surface area (Å²) in [6.07, 6.45) is -1.11. The number of nitrogens with zero attached hydrogens (tertiary/aromatic N) is 3. The maximum Gasteiger partial charge on any atom is 0.416 e. The number of piperazine rings is 1. The molecule has 3 fully saturated rings. The number of hydrogen-bond acceptors (Lipinski definition) is 6. The van der Waals surface area contributed by atoms with E-state index in [2.05, 4.69) is 10.3 Å². The monoisotopic (exact) mass is 512 g/mol. The first-order chi connectivity index (χ1) is 16.9. The molecule has 1 aromatic rings. The minimum absolute atomic E-state index is 0.0446. The third-order valence-corrected chi connectivity index (χ3v) is 7.37. The summed E-state index contributed by atoms with van der Waals surface area (Å²) in [7, 11) is 0. The van der Waals surface area contributed by atoms with Gasteiger partial charge in [-0.1, -0.05) is 0 Å². The van der Waals surface area contributed by atoms with Crippen LogP contribution in [0.1, 0.15) is 52.0 Å². The van der Waals surface area contributed by atoms with E-state index in [0.29, 0.717) is 58.7 Å². The number of alkyl carbamates (subject to hydrolysis) is 1. The fourth-order valence-electron chi connectivity index (χ4n) is 5.60. The summed E-state index contributed by atoms with van der Waals surface area (Å²) < 4.78 is 50.4. The van der Waals surface area contributed by atoms with E-state index in [0.717, 1.165) is 18.6 Å². The molecule has 1 aliphatic carbocycles. The van der Waals surface area contributed by atoms with Crippen molar-refractivity contribution in [3.63, 3.8) is 0 Å².